The number of hydrazine groups is 1. The highest BCUT2D eigenvalue weighted by molar-refractivity contribution is 5.94. The summed E-state index contributed by atoms with van der Waals surface area (Å²) >= 11 is 0. The van der Waals surface area contributed by atoms with Crippen LogP contribution in [0.15, 0.2) is 48.0 Å². The minimum absolute atomic E-state index is 0.0308. The molecular weight excluding hydrogens is 347 g/mol. The first-order valence-corrected chi connectivity index (χ1v) is 8.11. The molecule has 0 aliphatic carbocycles. The van der Waals surface area contributed by atoms with Crippen LogP contribution in [0.3, 0.4) is 0 Å². The Kier molecular flexibility index (Phi) is 3.80. The number of alkyl halides is 3. The number of aryl methyl sites for hydroxylation is 1. The summed E-state index contributed by atoms with van der Waals surface area (Å²) in [5.74, 6) is 0.258. The van der Waals surface area contributed by atoms with Gasteiger partial charge >= 0.3 is 6.18 Å². The number of benzene rings is 1. The van der Waals surface area contributed by atoms with Crippen LogP contribution < -0.4 is 10.7 Å². The molecule has 0 saturated carbocycles. The summed E-state index contributed by atoms with van der Waals surface area (Å²) in [5, 5.41) is 4.12. The van der Waals surface area contributed by atoms with Crippen molar-refractivity contribution >= 4 is 17.2 Å². The molecule has 8 heteroatoms. The first-order valence-electron chi connectivity index (χ1n) is 8.11. The number of rotatable bonds is 2. The summed E-state index contributed by atoms with van der Waals surface area (Å²) in [7, 11) is 1.41. The highest BCUT2D eigenvalue weighted by Gasteiger charge is 2.45. The third-order valence-electron chi connectivity index (χ3n) is 4.60. The van der Waals surface area contributed by atoms with Crippen LogP contribution in [0.4, 0.5) is 18.9 Å². The van der Waals surface area contributed by atoms with E-state index in [9.17, 15) is 18.0 Å². The van der Waals surface area contributed by atoms with Gasteiger partial charge in [0.25, 0.3) is 0 Å². The smallest absolute Gasteiger partial charge is 0.409 e. The number of hydrogen-bond acceptors (Lipinski definition) is 4. The molecular formula is C18H16F3N3O2. The van der Waals surface area contributed by atoms with Crippen molar-refractivity contribution < 1.29 is 22.7 Å². The van der Waals surface area contributed by atoms with E-state index in [0.717, 1.165) is 22.9 Å². The fourth-order valence-corrected chi connectivity index (χ4v) is 3.31. The molecule has 0 fully saturated rings. The van der Waals surface area contributed by atoms with E-state index in [-0.39, 0.29) is 11.8 Å². The molecule has 26 heavy (non-hydrogen) atoms. The van der Waals surface area contributed by atoms with Crippen molar-refractivity contribution in [2.24, 2.45) is 0 Å². The lowest BCUT2D eigenvalue weighted by molar-refractivity contribution is -0.149. The van der Waals surface area contributed by atoms with Crippen molar-refractivity contribution in [3.05, 3.63) is 59.1 Å². The molecule has 1 aromatic rings. The van der Waals surface area contributed by atoms with Crippen molar-refractivity contribution in [2.75, 3.05) is 12.4 Å². The Labute approximate surface area is 147 Å². The second-order valence-corrected chi connectivity index (χ2v) is 6.25. The molecule has 0 saturated heterocycles. The molecule has 1 aromatic carbocycles. The van der Waals surface area contributed by atoms with Crippen molar-refractivity contribution in [2.45, 2.75) is 25.1 Å². The molecule has 0 aromatic heterocycles. The van der Waals surface area contributed by atoms with Crippen LogP contribution in [0.25, 0.3) is 5.57 Å². The number of nitrogens with zero attached hydrogens (tertiary/aromatic N) is 1. The Bertz CT molecular complexity index is 871. The van der Waals surface area contributed by atoms with Gasteiger partial charge in [0.1, 0.15) is 6.04 Å². The lowest BCUT2D eigenvalue weighted by Gasteiger charge is -2.29. The molecule has 1 atom stereocenters. The Morgan fingerprint density at radius 2 is 2.04 bits per heavy atom. The lowest BCUT2D eigenvalue weighted by Crippen LogP contribution is -2.44. The summed E-state index contributed by atoms with van der Waals surface area (Å²) < 4.78 is 44.7. The largest absolute Gasteiger partial charge is 0.481 e. The third kappa shape index (κ3) is 2.76. The number of nitrogens with one attached hydrogen (secondary N) is 2. The zero-order chi connectivity index (χ0) is 18.5. The molecule has 3 heterocycles. The summed E-state index contributed by atoms with van der Waals surface area (Å²) in [5.41, 5.74) is 5.98. The Morgan fingerprint density at radius 1 is 1.23 bits per heavy atom. The van der Waals surface area contributed by atoms with E-state index in [2.05, 4.69) is 10.7 Å². The standard InChI is InChI=1S/C18H16F3N3O2/c1-26-17-7-4-12(14-9-15(18(19,20)21)23-24(14)17)10-2-5-13-11(8-10)3-6-16(25)22-13/h2,4-5,7-9,15,23H,3,6H2,1H3,(H,22,25). The molecule has 0 bridgehead atoms. The number of anilines is 1. The van der Waals surface area contributed by atoms with Crippen LogP contribution in [-0.2, 0) is 16.0 Å². The average Bonchev–Trinajstić information content (AvgIpc) is 3.06. The van der Waals surface area contributed by atoms with E-state index in [0.29, 0.717) is 24.1 Å². The van der Waals surface area contributed by atoms with E-state index in [4.69, 9.17) is 4.74 Å². The maximum Gasteiger partial charge on any atom is 0.409 e. The third-order valence-corrected chi connectivity index (χ3v) is 4.60. The summed E-state index contributed by atoms with van der Waals surface area (Å²) in [6.45, 7) is 0. The van der Waals surface area contributed by atoms with Crippen LogP contribution in [0.5, 0.6) is 0 Å². The van der Waals surface area contributed by atoms with Crippen LogP contribution in [0.2, 0.25) is 0 Å². The number of allylic oxidation sites excluding steroid dienone is 3. The van der Waals surface area contributed by atoms with E-state index >= 15 is 0 Å². The fraction of sp³-hybridized carbons (Fsp3) is 0.278. The van der Waals surface area contributed by atoms with Gasteiger partial charge in [0.2, 0.25) is 11.8 Å². The highest BCUT2D eigenvalue weighted by atomic mass is 19.4. The van der Waals surface area contributed by atoms with Gasteiger partial charge in [-0.1, -0.05) is 6.07 Å². The molecule has 3 aliphatic heterocycles. The zero-order valence-electron chi connectivity index (χ0n) is 13.9. The minimum atomic E-state index is -4.41. The van der Waals surface area contributed by atoms with Crippen LogP contribution >= 0.6 is 0 Å². The Balaban J connectivity index is 1.75. The van der Waals surface area contributed by atoms with Crippen LogP contribution in [0.1, 0.15) is 17.5 Å². The van der Waals surface area contributed by atoms with Gasteiger partial charge in [0.15, 0.2) is 0 Å². The number of carbonyl (C=O) groups is 1. The summed E-state index contributed by atoms with van der Waals surface area (Å²) in [6.07, 6.45) is 1.11. The number of fused-ring (bicyclic) bond motifs is 2. The second kappa shape index (κ2) is 5.91. The number of methoxy groups -OCH3 is 1. The highest BCUT2D eigenvalue weighted by Crippen LogP contribution is 2.39. The molecule has 1 unspecified atom stereocenters. The maximum absolute atomic E-state index is 13.2. The van der Waals surface area contributed by atoms with Gasteiger partial charge in [0, 0.05) is 23.8 Å². The monoisotopic (exact) mass is 363 g/mol. The van der Waals surface area contributed by atoms with Crippen molar-refractivity contribution in [3.8, 4) is 0 Å². The average molecular weight is 363 g/mol. The normalized spacial score (nSPS) is 22.0. The maximum atomic E-state index is 13.2. The topological polar surface area (TPSA) is 53.6 Å². The van der Waals surface area contributed by atoms with Gasteiger partial charge in [-0.2, -0.15) is 13.2 Å². The minimum Gasteiger partial charge on any atom is -0.481 e. The van der Waals surface area contributed by atoms with E-state index in [1.165, 1.54) is 12.1 Å². The predicted molar refractivity (Wildman–Crippen MR) is 89.4 cm³/mol. The van der Waals surface area contributed by atoms with Crippen molar-refractivity contribution in [3.63, 3.8) is 0 Å². The fourth-order valence-electron chi connectivity index (χ4n) is 3.31. The molecule has 136 valence electrons. The van der Waals surface area contributed by atoms with Crippen LogP contribution in [-0.4, -0.2) is 30.2 Å². The molecule has 0 spiro atoms. The number of halogens is 3. The Morgan fingerprint density at radius 3 is 2.77 bits per heavy atom. The molecule has 1 amide bonds. The van der Waals surface area contributed by atoms with Crippen molar-refractivity contribution in [1.29, 1.82) is 0 Å². The number of amides is 1. The molecule has 2 N–H and O–H groups in total. The molecule has 3 aliphatic rings. The molecule has 4 rings (SSSR count). The van der Waals surface area contributed by atoms with E-state index in [1.807, 2.05) is 6.07 Å². The summed E-state index contributed by atoms with van der Waals surface area (Å²) in [6, 6.07) is 3.70. The number of carbonyl (C=O) groups excluding carboxylic acids is 1. The first-order chi connectivity index (χ1) is 12.4. The van der Waals surface area contributed by atoms with Gasteiger partial charge in [-0.25, -0.2) is 10.4 Å². The Hall–Kier alpha value is -2.74. The molecule has 5 nitrogen and oxygen atoms in total. The number of hydrogen-bond donors (Lipinski definition) is 2. The quantitative estimate of drug-likeness (QED) is 0.848. The van der Waals surface area contributed by atoms with E-state index < -0.39 is 12.2 Å². The van der Waals surface area contributed by atoms with Gasteiger partial charge in [-0.3, -0.25) is 4.79 Å². The van der Waals surface area contributed by atoms with Gasteiger partial charge in [0.05, 0.1) is 12.8 Å². The van der Waals surface area contributed by atoms with Crippen LogP contribution in [0, 0.1) is 0 Å². The predicted octanol–water partition coefficient (Wildman–Crippen LogP) is 3.09. The second-order valence-electron chi connectivity index (χ2n) is 6.25. The first kappa shape index (κ1) is 16.7. The van der Waals surface area contributed by atoms with E-state index in [1.54, 1.807) is 24.3 Å². The van der Waals surface area contributed by atoms with Crippen molar-refractivity contribution in [1.82, 2.24) is 10.4 Å². The number of ether oxygens (including phenoxy) is 1. The van der Waals surface area contributed by atoms with Gasteiger partial charge < -0.3 is 10.1 Å². The molecule has 0 radical (unpaired) electrons. The van der Waals surface area contributed by atoms with Gasteiger partial charge in [-0.05, 0) is 41.8 Å². The van der Waals surface area contributed by atoms with Gasteiger partial charge in [-0.15, -0.1) is 0 Å². The zero-order valence-corrected chi connectivity index (χ0v) is 13.9. The summed E-state index contributed by atoms with van der Waals surface area (Å²) in [4.78, 5) is 11.5. The SMILES string of the molecule is COC1=CC=C(c2ccc3c(c2)CCC(=O)N3)C2=CC(C(F)(F)F)NN12. The lowest BCUT2D eigenvalue weighted by atomic mass is 9.94.